The molecule has 0 aliphatic carbocycles. The first-order chi connectivity index (χ1) is 8.58. The normalized spacial score (nSPS) is 15.2. The molecule has 1 N–H and O–H groups in total. The summed E-state index contributed by atoms with van der Waals surface area (Å²) < 4.78 is 0. The number of hydrogen-bond acceptors (Lipinski definition) is 6. The summed E-state index contributed by atoms with van der Waals surface area (Å²) in [6.45, 7) is 0. The Balaban J connectivity index is 2.10. The van der Waals surface area contributed by atoms with Crippen LogP contribution in [0.2, 0.25) is 0 Å². The summed E-state index contributed by atoms with van der Waals surface area (Å²) in [4.78, 5) is 34.2. The van der Waals surface area contributed by atoms with Gasteiger partial charge >= 0.3 is 5.97 Å². The second-order valence-corrected chi connectivity index (χ2v) is 4.53. The van der Waals surface area contributed by atoms with E-state index in [-0.39, 0.29) is 36.2 Å². The Labute approximate surface area is 106 Å². The zero-order valence-electron chi connectivity index (χ0n) is 9.20. The lowest BCUT2D eigenvalue weighted by molar-refractivity contribution is -0.134. The molecular formula is C10H9N3O4S. The van der Waals surface area contributed by atoms with E-state index in [1.165, 1.54) is 12.1 Å². The lowest BCUT2D eigenvalue weighted by atomic mass is 10.4. The molecule has 0 bridgehead atoms. The molecule has 0 saturated carbocycles. The van der Waals surface area contributed by atoms with E-state index in [4.69, 9.17) is 5.11 Å². The number of rotatable bonds is 4. The van der Waals surface area contributed by atoms with Crippen LogP contribution in [-0.2, 0) is 14.4 Å². The van der Waals surface area contributed by atoms with E-state index < -0.39 is 5.97 Å². The van der Waals surface area contributed by atoms with Gasteiger partial charge in [0.1, 0.15) is 5.03 Å². The van der Waals surface area contributed by atoms with Crippen LogP contribution in [0.15, 0.2) is 17.2 Å². The average Bonchev–Trinajstić information content (AvgIpc) is 2.67. The maximum Gasteiger partial charge on any atom is 0.313 e. The van der Waals surface area contributed by atoms with E-state index in [0.717, 1.165) is 16.7 Å². The maximum atomic E-state index is 11.4. The summed E-state index contributed by atoms with van der Waals surface area (Å²) in [7, 11) is 0. The fourth-order valence-electron chi connectivity index (χ4n) is 1.48. The van der Waals surface area contributed by atoms with Gasteiger partial charge in [-0.25, -0.2) is 4.90 Å². The van der Waals surface area contributed by atoms with Crippen LogP contribution in [0.25, 0.3) is 0 Å². The summed E-state index contributed by atoms with van der Waals surface area (Å²) in [6, 6.07) is 3.02. The Kier molecular flexibility index (Phi) is 3.56. The number of amides is 2. The predicted octanol–water partition coefficient (Wildman–Crippen LogP) is 0.307. The molecule has 1 aromatic rings. The quantitative estimate of drug-likeness (QED) is 0.618. The number of hydrogen-bond donors (Lipinski definition) is 1. The van der Waals surface area contributed by atoms with Gasteiger partial charge in [0.15, 0.2) is 5.82 Å². The van der Waals surface area contributed by atoms with Gasteiger partial charge in [-0.2, -0.15) is 0 Å². The number of thioether (sulfide) groups is 1. The smallest absolute Gasteiger partial charge is 0.313 e. The Hall–Kier alpha value is -1.96. The molecule has 0 unspecified atom stereocenters. The van der Waals surface area contributed by atoms with Gasteiger partial charge < -0.3 is 5.11 Å². The minimum absolute atomic E-state index is 0.115. The van der Waals surface area contributed by atoms with Crippen LogP contribution < -0.4 is 4.90 Å². The van der Waals surface area contributed by atoms with Crippen molar-refractivity contribution < 1.29 is 19.5 Å². The van der Waals surface area contributed by atoms with Gasteiger partial charge in [0.25, 0.3) is 0 Å². The van der Waals surface area contributed by atoms with Crippen LogP contribution in [0.4, 0.5) is 5.82 Å². The second-order valence-electron chi connectivity index (χ2n) is 3.54. The second kappa shape index (κ2) is 5.13. The minimum atomic E-state index is -0.948. The van der Waals surface area contributed by atoms with E-state index in [9.17, 15) is 14.4 Å². The number of carbonyl (C=O) groups is 3. The van der Waals surface area contributed by atoms with Gasteiger partial charge in [-0.05, 0) is 12.1 Å². The number of carboxylic acid groups (broad SMARTS) is 1. The molecule has 1 fully saturated rings. The van der Waals surface area contributed by atoms with Crippen LogP contribution in [0, 0.1) is 0 Å². The van der Waals surface area contributed by atoms with Gasteiger partial charge in [-0.1, -0.05) is 11.8 Å². The molecule has 2 rings (SSSR count). The Morgan fingerprint density at radius 2 is 1.94 bits per heavy atom. The molecule has 7 nitrogen and oxygen atoms in total. The van der Waals surface area contributed by atoms with Gasteiger partial charge in [-0.3, -0.25) is 14.4 Å². The number of carboxylic acids is 1. The predicted molar refractivity (Wildman–Crippen MR) is 62.1 cm³/mol. The Bertz CT molecular complexity index is 486. The molecular weight excluding hydrogens is 258 g/mol. The van der Waals surface area contributed by atoms with Gasteiger partial charge in [-0.15, -0.1) is 10.2 Å². The first kappa shape index (κ1) is 12.5. The van der Waals surface area contributed by atoms with Crippen molar-refractivity contribution in [3.63, 3.8) is 0 Å². The van der Waals surface area contributed by atoms with Gasteiger partial charge in [0, 0.05) is 12.8 Å². The summed E-state index contributed by atoms with van der Waals surface area (Å²) in [5.41, 5.74) is 0. The van der Waals surface area contributed by atoms with Crippen LogP contribution in [0.1, 0.15) is 12.8 Å². The highest BCUT2D eigenvalue weighted by Gasteiger charge is 2.31. The zero-order valence-corrected chi connectivity index (χ0v) is 10.0. The maximum absolute atomic E-state index is 11.4. The van der Waals surface area contributed by atoms with Crippen molar-refractivity contribution in [3.8, 4) is 0 Å². The topological polar surface area (TPSA) is 100 Å². The number of aromatic nitrogens is 2. The van der Waals surface area contributed by atoms with Gasteiger partial charge in [0.05, 0.1) is 5.75 Å². The summed E-state index contributed by atoms with van der Waals surface area (Å²) in [6.07, 6.45) is 0.381. The van der Waals surface area contributed by atoms with Crippen molar-refractivity contribution in [1.29, 1.82) is 0 Å². The third-order valence-electron chi connectivity index (χ3n) is 2.25. The first-order valence-electron chi connectivity index (χ1n) is 5.12. The molecule has 2 heterocycles. The first-order valence-corrected chi connectivity index (χ1v) is 6.10. The fraction of sp³-hybridized carbons (Fsp3) is 0.300. The van der Waals surface area contributed by atoms with E-state index >= 15 is 0 Å². The highest BCUT2D eigenvalue weighted by atomic mass is 32.2. The standard InChI is InChI=1S/C10H9N3O4S/c14-8-3-4-9(15)13(8)6-1-2-7(12-11-6)18-5-10(16)17/h1-2H,3-5H2,(H,16,17). The molecule has 1 aliphatic rings. The van der Waals surface area contributed by atoms with Crippen molar-refractivity contribution in [2.45, 2.75) is 17.9 Å². The van der Waals surface area contributed by atoms with E-state index in [1.807, 2.05) is 0 Å². The van der Waals surface area contributed by atoms with Crippen LogP contribution in [0.5, 0.6) is 0 Å². The Morgan fingerprint density at radius 1 is 1.28 bits per heavy atom. The molecule has 2 amide bonds. The lowest BCUT2D eigenvalue weighted by Crippen LogP contribution is -2.29. The molecule has 18 heavy (non-hydrogen) atoms. The van der Waals surface area contributed by atoms with E-state index in [1.54, 1.807) is 0 Å². The third-order valence-corrected chi connectivity index (χ3v) is 3.15. The van der Waals surface area contributed by atoms with Crippen LogP contribution in [-0.4, -0.2) is 38.8 Å². The Morgan fingerprint density at radius 3 is 2.44 bits per heavy atom. The van der Waals surface area contributed by atoms with Crippen LogP contribution in [0.3, 0.4) is 0 Å². The number of anilines is 1. The molecule has 1 aliphatic heterocycles. The molecule has 0 atom stereocenters. The summed E-state index contributed by atoms with van der Waals surface area (Å²) >= 11 is 1.02. The number of nitrogens with zero attached hydrogens (tertiary/aromatic N) is 3. The highest BCUT2D eigenvalue weighted by molar-refractivity contribution is 7.99. The van der Waals surface area contributed by atoms with Crippen molar-refractivity contribution in [2.24, 2.45) is 0 Å². The largest absolute Gasteiger partial charge is 0.481 e. The van der Waals surface area contributed by atoms with Crippen molar-refractivity contribution in [2.75, 3.05) is 10.7 Å². The zero-order chi connectivity index (χ0) is 13.1. The number of aliphatic carboxylic acids is 1. The summed E-state index contributed by atoms with van der Waals surface area (Å²) in [5, 5.41) is 16.5. The highest BCUT2D eigenvalue weighted by Crippen LogP contribution is 2.21. The van der Waals surface area contributed by atoms with E-state index in [0.29, 0.717) is 5.03 Å². The van der Waals surface area contributed by atoms with Crippen molar-refractivity contribution >= 4 is 35.4 Å². The molecule has 0 spiro atoms. The van der Waals surface area contributed by atoms with E-state index in [2.05, 4.69) is 10.2 Å². The number of carbonyl (C=O) groups excluding carboxylic acids is 2. The molecule has 1 saturated heterocycles. The fourth-order valence-corrected chi connectivity index (χ4v) is 2.01. The SMILES string of the molecule is O=C(O)CSc1ccc(N2C(=O)CCC2=O)nn1. The minimum Gasteiger partial charge on any atom is -0.481 e. The molecule has 1 aromatic heterocycles. The van der Waals surface area contributed by atoms with Crippen molar-refractivity contribution in [1.82, 2.24) is 10.2 Å². The average molecular weight is 267 g/mol. The molecule has 0 aromatic carbocycles. The van der Waals surface area contributed by atoms with Gasteiger partial charge in [0.2, 0.25) is 11.8 Å². The molecule has 8 heteroatoms. The third kappa shape index (κ3) is 2.65. The monoisotopic (exact) mass is 267 g/mol. The molecule has 0 radical (unpaired) electrons. The molecule has 94 valence electrons. The number of imide groups is 1. The van der Waals surface area contributed by atoms with Crippen LogP contribution >= 0.6 is 11.8 Å². The lowest BCUT2D eigenvalue weighted by Gasteiger charge is -2.11. The van der Waals surface area contributed by atoms with Crippen molar-refractivity contribution in [3.05, 3.63) is 12.1 Å². The summed E-state index contributed by atoms with van der Waals surface area (Å²) in [5.74, 6) is -1.46.